The molecule has 5 heteroatoms. The van der Waals surface area contributed by atoms with Gasteiger partial charge in [-0.1, -0.05) is 30.3 Å². The molecule has 0 saturated heterocycles. The van der Waals surface area contributed by atoms with Crippen LogP contribution in [0.25, 0.3) is 32.8 Å². The van der Waals surface area contributed by atoms with Gasteiger partial charge < -0.3 is 10.4 Å². The molecule has 29 heavy (non-hydrogen) atoms. The van der Waals surface area contributed by atoms with Gasteiger partial charge in [-0.2, -0.15) is 0 Å². The summed E-state index contributed by atoms with van der Waals surface area (Å²) in [5, 5.41) is 15.8. The molecule has 0 fully saturated rings. The number of aromatic nitrogens is 2. The van der Waals surface area contributed by atoms with Crippen LogP contribution in [0.4, 0.5) is 15.9 Å². The number of nitrogens with one attached hydrogen (secondary N) is 1. The molecule has 140 valence electrons. The van der Waals surface area contributed by atoms with Crippen LogP contribution >= 0.6 is 0 Å². The predicted octanol–water partition coefficient (Wildman–Crippen LogP) is 6.04. The molecule has 4 nitrogen and oxygen atoms in total. The maximum absolute atomic E-state index is 13.9. The molecule has 0 aliphatic heterocycles. The van der Waals surface area contributed by atoms with Gasteiger partial charge >= 0.3 is 0 Å². The average molecular weight is 381 g/mol. The molecular weight excluding hydrogens is 365 g/mol. The molecule has 0 unspecified atom stereocenters. The highest BCUT2D eigenvalue weighted by atomic mass is 19.1. The lowest BCUT2D eigenvalue weighted by atomic mass is 9.98. The Morgan fingerprint density at radius 1 is 0.793 bits per heavy atom. The zero-order valence-corrected chi connectivity index (χ0v) is 15.3. The fourth-order valence-electron chi connectivity index (χ4n) is 3.52. The topological polar surface area (TPSA) is 58.0 Å². The minimum absolute atomic E-state index is 0.358. The Morgan fingerprint density at radius 3 is 2.62 bits per heavy atom. The molecule has 5 rings (SSSR count). The third-order valence-corrected chi connectivity index (χ3v) is 4.93. The first-order valence-corrected chi connectivity index (χ1v) is 9.17. The molecule has 5 aromatic rings. The molecule has 0 amide bonds. The largest absolute Gasteiger partial charge is 0.505 e. The van der Waals surface area contributed by atoms with Gasteiger partial charge in [0.1, 0.15) is 5.82 Å². The van der Waals surface area contributed by atoms with Crippen LogP contribution in [-0.4, -0.2) is 15.1 Å². The number of anilines is 2. The lowest BCUT2D eigenvalue weighted by Gasteiger charge is -2.12. The fourth-order valence-corrected chi connectivity index (χ4v) is 3.52. The summed E-state index contributed by atoms with van der Waals surface area (Å²) in [7, 11) is 0. The van der Waals surface area contributed by atoms with E-state index in [0.717, 1.165) is 32.9 Å². The van der Waals surface area contributed by atoms with E-state index in [-0.39, 0.29) is 5.75 Å². The number of rotatable bonds is 3. The number of nitrogens with zero attached hydrogens (tertiary/aromatic N) is 2. The average Bonchev–Trinajstić information content (AvgIpc) is 2.75. The number of fused-ring (bicyclic) bond motifs is 2. The summed E-state index contributed by atoms with van der Waals surface area (Å²) in [5.41, 5.74) is 3.40. The zero-order chi connectivity index (χ0) is 19.8. The monoisotopic (exact) mass is 381 g/mol. The van der Waals surface area contributed by atoms with Crippen molar-refractivity contribution in [3.63, 3.8) is 0 Å². The first-order valence-electron chi connectivity index (χ1n) is 9.17. The van der Waals surface area contributed by atoms with E-state index >= 15 is 0 Å². The van der Waals surface area contributed by atoms with Crippen LogP contribution in [0.5, 0.6) is 5.75 Å². The third kappa shape index (κ3) is 3.12. The molecule has 0 saturated carbocycles. The molecule has 0 atom stereocenters. The van der Waals surface area contributed by atoms with Crippen LogP contribution in [0, 0.1) is 5.82 Å². The summed E-state index contributed by atoms with van der Waals surface area (Å²) < 4.78 is 13.9. The van der Waals surface area contributed by atoms with Crippen molar-refractivity contribution in [1.82, 2.24) is 9.97 Å². The first kappa shape index (κ1) is 17.1. The SMILES string of the molecule is Oc1ccc(-c2cccc3c(Nc4ccc5ncccc5c4)nccc23)cc1F. The molecule has 2 N–H and O–H groups in total. The van der Waals surface area contributed by atoms with Gasteiger partial charge in [-0.05, 0) is 59.0 Å². The number of hydrogen-bond acceptors (Lipinski definition) is 4. The smallest absolute Gasteiger partial charge is 0.165 e. The Bertz CT molecular complexity index is 1370. The second-order valence-electron chi connectivity index (χ2n) is 6.76. The second-order valence-corrected chi connectivity index (χ2v) is 6.76. The zero-order valence-electron chi connectivity index (χ0n) is 15.3. The van der Waals surface area contributed by atoms with Crippen LogP contribution in [0.3, 0.4) is 0 Å². The highest BCUT2D eigenvalue weighted by Crippen LogP contribution is 2.34. The molecule has 2 heterocycles. The Kier molecular flexibility index (Phi) is 4.06. The van der Waals surface area contributed by atoms with Gasteiger partial charge in [0.05, 0.1) is 5.52 Å². The summed E-state index contributed by atoms with van der Waals surface area (Å²) in [5.74, 6) is -0.285. The van der Waals surface area contributed by atoms with Crippen molar-refractivity contribution in [3.8, 4) is 16.9 Å². The van der Waals surface area contributed by atoms with Crippen molar-refractivity contribution in [1.29, 1.82) is 0 Å². The van der Waals surface area contributed by atoms with Crippen molar-refractivity contribution in [2.45, 2.75) is 0 Å². The normalized spacial score (nSPS) is 11.1. The molecular formula is C24H16FN3O. The molecule has 0 radical (unpaired) electrons. The Labute approximate surface area is 166 Å². The summed E-state index contributed by atoms with van der Waals surface area (Å²) in [4.78, 5) is 8.85. The van der Waals surface area contributed by atoms with Gasteiger partial charge in [0.25, 0.3) is 0 Å². The Morgan fingerprint density at radius 2 is 1.72 bits per heavy atom. The number of phenols is 1. The maximum atomic E-state index is 13.9. The molecule has 0 bridgehead atoms. The van der Waals surface area contributed by atoms with Gasteiger partial charge in [-0.15, -0.1) is 0 Å². The molecule has 3 aromatic carbocycles. The quantitative estimate of drug-likeness (QED) is 0.400. The van der Waals surface area contributed by atoms with E-state index in [4.69, 9.17) is 0 Å². The predicted molar refractivity (Wildman–Crippen MR) is 114 cm³/mol. The van der Waals surface area contributed by atoms with Crippen LogP contribution in [-0.2, 0) is 0 Å². The van der Waals surface area contributed by atoms with E-state index in [1.54, 1.807) is 18.5 Å². The standard InChI is InChI=1S/C24H16FN3O/c25-21-14-15(6-9-23(21)29)18-4-1-5-20-19(18)10-12-27-24(20)28-17-7-8-22-16(13-17)3-2-11-26-22/h1-14,29H,(H,27,28). The van der Waals surface area contributed by atoms with Crippen molar-refractivity contribution in [3.05, 3.63) is 91.0 Å². The number of aromatic hydroxyl groups is 1. The number of halogens is 1. The highest BCUT2D eigenvalue weighted by Gasteiger charge is 2.10. The van der Waals surface area contributed by atoms with Crippen molar-refractivity contribution in [2.24, 2.45) is 0 Å². The van der Waals surface area contributed by atoms with Crippen LogP contribution < -0.4 is 5.32 Å². The number of pyridine rings is 2. The van der Waals surface area contributed by atoms with E-state index in [1.807, 2.05) is 54.6 Å². The van der Waals surface area contributed by atoms with Crippen LogP contribution in [0.2, 0.25) is 0 Å². The molecule has 0 aliphatic rings. The summed E-state index contributed by atoms with van der Waals surface area (Å²) in [6.07, 6.45) is 3.50. The first-order chi connectivity index (χ1) is 14.2. The van der Waals surface area contributed by atoms with Gasteiger partial charge in [0, 0.05) is 28.9 Å². The van der Waals surface area contributed by atoms with Crippen molar-refractivity contribution in [2.75, 3.05) is 5.32 Å². The third-order valence-electron chi connectivity index (χ3n) is 4.93. The number of hydrogen-bond donors (Lipinski definition) is 2. The van der Waals surface area contributed by atoms with E-state index in [9.17, 15) is 9.50 Å². The van der Waals surface area contributed by atoms with Gasteiger partial charge in [-0.3, -0.25) is 4.98 Å². The second kappa shape index (κ2) is 6.87. The van der Waals surface area contributed by atoms with E-state index in [1.165, 1.54) is 12.1 Å². The molecule has 0 spiro atoms. The Balaban J connectivity index is 1.60. The molecule has 2 aromatic heterocycles. The van der Waals surface area contributed by atoms with Gasteiger partial charge in [-0.25, -0.2) is 9.37 Å². The van der Waals surface area contributed by atoms with Gasteiger partial charge in [0.15, 0.2) is 11.6 Å². The summed E-state index contributed by atoms with van der Waals surface area (Å²) >= 11 is 0. The van der Waals surface area contributed by atoms with Gasteiger partial charge in [0.2, 0.25) is 0 Å². The van der Waals surface area contributed by atoms with Crippen molar-refractivity contribution >= 4 is 33.2 Å². The summed E-state index contributed by atoms with van der Waals surface area (Å²) in [6.45, 7) is 0. The lowest BCUT2D eigenvalue weighted by Crippen LogP contribution is -1.95. The van der Waals surface area contributed by atoms with Crippen molar-refractivity contribution < 1.29 is 9.50 Å². The lowest BCUT2D eigenvalue weighted by molar-refractivity contribution is 0.432. The summed E-state index contributed by atoms with van der Waals surface area (Å²) in [6, 6.07) is 22.0. The maximum Gasteiger partial charge on any atom is 0.165 e. The minimum atomic E-state index is -0.642. The van der Waals surface area contributed by atoms with Crippen LogP contribution in [0.15, 0.2) is 85.2 Å². The highest BCUT2D eigenvalue weighted by molar-refractivity contribution is 6.02. The van der Waals surface area contributed by atoms with Crippen LogP contribution in [0.1, 0.15) is 0 Å². The number of phenolic OH excluding ortho intramolecular Hbond substituents is 1. The minimum Gasteiger partial charge on any atom is -0.505 e. The number of benzene rings is 3. The van der Waals surface area contributed by atoms with E-state index in [2.05, 4.69) is 15.3 Å². The Hall–Kier alpha value is -3.99. The fraction of sp³-hybridized carbons (Fsp3) is 0. The molecule has 0 aliphatic carbocycles. The van der Waals surface area contributed by atoms with E-state index in [0.29, 0.717) is 11.4 Å². The van der Waals surface area contributed by atoms with E-state index < -0.39 is 5.82 Å².